The predicted molar refractivity (Wildman–Crippen MR) is 94.6 cm³/mol. The number of furan rings is 1. The molecule has 0 unspecified atom stereocenters. The zero-order valence-corrected chi connectivity index (χ0v) is 14.1. The van der Waals surface area contributed by atoms with Crippen LogP contribution in [0.5, 0.6) is 5.75 Å². The highest BCUT2D eigenvalue weighted by Crippen LogP contribution is 2.17. The maximum Gasteiger partial charge on any atom is 0.244 e. The van der Waals surface area contributed by atoms with Gasteiger partial charge in [0, 0.05) is 24.7 Å². The van der Waals surface area contributed by atoms with E-state index in [1.165, 1.54) is 18.4 Å². The average molecular weight is 342 g/mol. The SMILES string of the molecule is CCCN(Cc1ccccc1O)C(=O)CNC(=O)/C=C/c1ccco1. The molecule has 1 heterocycles. The molecule has 0 spiro atoms. The zero-order valence-electron chi connectivity index (χ0n) is 14.1. The molecular weight excluding hydrogens is 320 g/mol. The van der Waals surface area contributed by atoms with E-state index in [-0.39, 0.29) is 24.1 Å². The lowest BCUT2D eigenvalue weighted by molar-refractivity contribution is -0.132. The molecule has 25 heavy (non-hydrogen) atoms. The molecule has 2 rings (SSSR count). The molecule has 0 aliphatic heterocycles. The highest BCUT2D eigenvalue weighted by atomic mass is 16.3. The number of phenolic OH excluding ortho intramolecular Hbond substituents is 1. The quantitative estimate of drug-likeness (QED) is 0.722. The Hall–Kier alpha value is -3.02. The Labute approximate surface area is 146 Å². The van der Waals surface area contributed by atoms with E-state index in [0.717, 1.165) is 6.42 Å². The maximum absolute atomic E-state index is 12.4. The fourth-order valence-corrected chi connectivity index (χ4v) is 2.29. The number of carbonyl (C=O) groups is 2. The lowest BCUT2D eigenvalue weighted by Gasteiger charge is -2.22. The van der Waals surface area contributed by atoms with Crippen molar-refractivity contribution in [3.8, 4) is 5.75 Å². The molecule has 0 fully saturated rings. The first kappa shape index (κ1) is 18.3. The van der Waals surface area contributed by atoms with E-state index >= 15 is 0 Å². The van der Waals surface area contributed by atoms with Crippen LogP contribution >= 0.6 is 0 Å². The third-order valence-electron chi connectivity index (χ3n) is 3.56. The number of phenols is 1. The molecule has 0 saturated heterocycles. The second-order valence-corrected chi connectivity index (χ2v) is 5.51. The summed E-state index contributed by atoms with van der Waals surface area (Å²) in [5.41, 5.74) is 0.674. The second kappa shape index (κ2) is 9.32. The molecule has 0 bridgehead atoms. The molecule has 2 amide bonds. The number of carbonyl (C=O) groups excluding carboxylic acids is 2. The number of hydrogen-bond acceptors (Lipinski definition) is 4. The fraction of sp³-hybridized carbons (Fsp3) is 0.263. The van der Waals surface area contributed by atoms with Gasteiger partial charge in [-0.05, 0) is 30.7 Å². The van der Waals surface area contributed by atoms with Crippen LogP contribution in [0.4, 0.5) is 0 Å². The van der Waals surface area contributed by atoms with Gasteiger partial charge in [0.25, 0.3) is 0 Å². The van der Waals surface area contributed by atoms with E-state index in [4.69, 9.17) is 4.42 Å². The van der Waals surface area contributed by atoms with E-state index in [9.17, 15) is 14.7 Å². The lowest BCUT2D eigenvalue weighted by atomic mass is 10.2. The fourth-order valence-electron chi connectivity index (χ4n) is 2.29. The second-order valence-electron chi connectivity index (χ2n) is 5.51. The Morgan fingerprint density at radius 1 is 1.24 bits per heavy atom. The van der Waals surface area contributed by atoms with Crippen molar-refractivity contribution in [3.63, 3.8) is 0 Å². The van der Waals surface area contributed by atoms with Crippen LogP contribution < -0.4 is 5.32 Å². The van der Waals surface area contributed by atoms with Crippen molar-refractivity contribution in [1.29, 1.82) is 0 Å². The summed E-state index contributed by atoms with van der Waals surface area (Å²) in [7, 11) is 0. The Kier molecular flexibility index (Phi) is 6.83. The molecule has 0 saturated carbocycles. The van der Waals surface area contributed by atoms with Crippen LogP contribution in [-0.2, 0) is 16.1 Å². The number of aromatic hydroxyl groups is 1. The molecule has 1 aromatic carbocycles. The molecule has 132 valence electrons. The normalized spacial score (nSPS) is 10.8. The van der Waals surface area contributed by atoms with Crippen LogP contribution in [0.15, 0.2) is 53.2 Å². The molecule has 0 aliphatic rings. The van der Waals surface area contributed by atoms with Gasteiger partial charge in [0.1, 0.15) is 11.5 Å². The van der Waals surface area contributed by atoms with Crippen LogP contribution in [-0.4, -0.2) is 34.9 Å². The molecular formula is C19H22N2O4. The number of amides is 2. The van der Waals surface area contributed by atoms with E-state index < -0.39 is 0 Å². The minimum atomic E-state index is -0.372. The minimum absolute atomic E-state index is 0.102. The van der Waals surface area contributed by atoms with Gasteiger partial charge in [0.15, 0.2) is 0 Å². The van der Waals surface area contributed by atoms with Crippen LogP contribution in [0.2, 0.25) is 0 Å². The zero-order chi connectivity index (χ0) is 18.1. The summed E-state index contributed by atoms with van der Waals surface area (Å²) in [6.07, 6.45) is 5.15. The van der Waals surface area contributed by atoms with Crippen molar-refractivity contribution >= 4 is 17.9 Å². The van der Waals surface area contributed by atoms with Crippen LogP contribution in [0.1, 0.15) is 24.7 Å². The monoisotopic (exact) mass is 342 g/mol. The summed E-state index contributed by atoms with van der Waals surface area (Å²) in [6.45, 7) is 2.72. The predicted octanol–water partition coefficient (Wildman–Crippen LogP) is 2.55. The van der Waals surface area contributed by atoms with Gasteiger partial charge in [-0.1, -0.05) is 25.1 Å². The first-order chi connectivity index (χ1) is 12.1. The van der Waals surface area contributed by atoms with Gasteiger partial charge < -0.3 is 19.7 Å². The van der Waals surface area contributed by atoms with Gasteiger partial charge in [-0.25, -0.2) is 0 Å². The standard InChI is InChI=1S/C19H22N2O4/c1-2-11-21(14-15-6-3-4-8-17(15)22)19(24)13-20-18(23)10-9-16-7-5-12-25-16/h3-10,12,22H,2,11,13-14H2,1H3,(H,20,23)/b10-9+. The van der Waals surface area contributed by atoms with Gasteiger partial charge in [-0.3, -0.25) is 9.59 Å². The summed E-state index contributed by atoms with van der Waals surface area (Å²) in [5.74, 6) is 0.143. The first-order valence-corrected chi connectivity index (χ1v) is 8.14. The van der Waals surface area contributed by atoms with Crippen LogP contribution in [0.25, 0.3) is 6.08 Å². The summed E-state index contributed by atoms with van der Waals surface area (Å²) < 4.78 is 5.09. The Bertz CT molecular complexity index is 723. The first-order valence-electron chi connectivity index (χ1n) is 8.14. The Balaban J connectivity index is 1.89. The van der Waals surface area contributed by atoms with E-state index in [1.54, 1.807) is 35.2 Å². The number of hydrogen-bond donors (Lipinski definition) is 2. The van der Waals surface area contributed by atoms with Gasteiger partial charge >= 0.3 is 0 Å². The van der Waals surface area contributed by atoms with Gasteiger partial charge in [0.05, 0.1) is 12.8 Å². The highest BCUT2D eigenvalue weighted by molar-refractivity contribution is 5.94. The minimum Gasteiger partial charge on any atom is -0.508 e. The van der Waals surface area contributed by atoms with Gasteiger partial charge in [0.2, 0.25) is 11.8 Å². The van der Waals surface area contributed by atoms with Crippen LogP contribution in [0.3, 0.4) is 0 Å². The average Bonchev–Trinajstić information content (AvgIpc) is 3.13. The maximum atomic E-state index is 12.4. The molecule has 2 aromatic rings. The lowest BCUT2D eigenvalue weighted by Crippen LogP contribution is -2.39. The summed E-state index contributed by atoms with van der Waals surface area (Å²) in [5, 5.41) is 12.4. The molecule has 6 heteroatoms. The number of nitrogens with zero attached hydrogens (tertiary/aromatic N) is 1. The third-order valence-corrected chi connectivity index (χ3v) is 3.56. The van der Waals surface area contributed by atoms with Gasteiger partial charge in [-0.2, -0.15) is 0 Å². The smallest absolute Gasteiger partial charge is 0.244 e. The van der Waals surface area contributed by atoms with Crippen molar-refractivity contribution in [3.05, 3.63) is 60.1 Å². The van der Waals surface area contributed by atoms with Crippen molar-refractivity contribution in [2.45, 2.75) is 19.9 Å². The Morgan fingerprint density at radius 2 is 2.04 bits per heavy atom. The summed E-state index contributed by atoms with van der Waals surface area (Å²) >= 11 is 0. The molecule has 2 N–H and O–H groups in total. The number of nitrogens with one attached hydrogen (secondary N) is 1. The number of rotatable bonds is 8. The van der Waals surface area contributed by atoms with Crippen molar-refractivity contribution < 1.29 is 19.1 Å². The van der Waals surface area contributed by atoms with Crippen molar-refractivity contribution in [2.75, 3.05) is 13.1 Å². The third kappa shape index (κ3) is 5.84. The summed E-state index contributed by atoms with van der Waals surface area (Å²) in [4.78, 5) is 25.8. The largest absolute Gasteiger partial charge is 0.508 e. The highest BCUT2D eigenvalue weighted by Gasteiger charge is 2.15. The summed E-state index contributed by atoms with van der Waals surface area (Å²) in [6, 6.07) is 10.4. The van der Waals surface area contributed by atoms with Crippen LogP contribution in [0, 0.1) is 0 Å². The topological polar surface area (TPSA) is 82.8 Å². The molecule has 0 aliphatic carbocycles. The van der Waals surface area contributed by atoms with Crippen molar-refractivity contribution in [1.82, 2.24) is 10.2 Å². The van der Waals surface area contributed by atoms with E-state index in [1.807, 2.05) is 13.0 Å². The van der Waals surface area contributed by atoms with E-state index in [2.05, 4.69) is 5.32 Å². The van der Waals surface area contributed by atoms with E-state index in [0.29, 0.717) is 24.4 Å². The number of para-hydroxylation sites is 1. The molecule has 0 radical (unpaired) electrons. The molecule has 1 aromatic heterocycles. The van der Waals surface area contributed by atoms with Gasteiger partial charge in [-0.15, -0.1) is 0 Å². The molecule has 6 nitrogen and oxygen atoms in total. The molecule has 0 atom stereocenters. The number of benzene rings is 1. The van der Waals surface area contributed by atoms with Crippen molar-refractivity contribution in [2.24, 2.45) is 0 Å². The Morgan fingerprint density at radius 3 is 2.72 bits per heavy atom.